The van der Waals surface area contributed by atoms with E-state index in [9.17, 15) is 13.9 Å². The Bertz CT molecular complexity index is 481. The van der Waals surface area contributed by atoms with Gasteiger partial charge in [0.15, 0.2) is 0 Å². The van der Waals surface area contributed by atoms with E-state index >= 15 is 0 Å². The summed E-state index contributed by atoms with van der Waals surface area (Å²) in [5.41, 5.74) is 5.46. The number of nitrogen functional groups attached to an aromatic ring is 1. The number of hydrogen-bond donors (Lipinski definition) is 2. The van der Waals surface area contributed by atoms with E-state index in [1.807, 2.05) is 0 Å². The fourth-order valence-electron chi connectivity index (χ4n) is 1.39. The number of phenolic OH excluding ortho intramolecular Hbond substituents is 1. The van der Waals surface area contributed by atoms with Crippen LogP contribution in [0.2, 0.25) is 0 Å². The van der Waals surface area contributed by atoms with Gasteiger partial charge >= 0.3 is 0 Å². The first-order valence-corrected chi connectivity index (χ1v) is 4.76. The van der Waals surface area contributed by atoms with Crippen LogP contribution in [0.3, 0.4) is 0 Å². The van der Waals surface area contributed by atoms with Crippen molar-refractivity contribution in [1.82, 2.24) is 0 Å². The molecule has 1 heterocycles. The second kappa shape index (κ2) is 3.09. The minimum absolute atomic E-state index is 0.269. The second-order valence-corrected chi connectivity index (χ2v) is 3.77. The van der Waals surface area contributed by atoms with Crippen molar-refractivity contribution in [2.75, 3.05) is 5.73 Å². The van der Waals surface area contributed by atoms with E-state index in [0.29, 0.717) is 4.70 Å². The highest BCUT2D eigenvalue weighted by Crippen LogP contribution is 2.40. The highest BCUT2D eigenvalue weighted by atomic mass is 32.1. The van der Waals surface area contributed by atoms with E-state index in [4.69, 9.17) is 5.73 Å². The van der Waals surface area contributed by atoms with Gasteiger partial charge in [-0.2, -0.15) is 0 Å². The molecule has 0 aliphatic rings. The van der Waals surface area contributed by atoms with Crippen molar-refractivity contribution in [2.45, 2.75) is 6.43 Å². The van der Waals surface area contributed by atoms with E-state index in [1.165, 1.54) is 17.4 Å². The number of nitrogens with two attached hydrogens (primary N) is 1. The zero-order valence-electron chi connectivity index (χ0n) is 7.00. The standard InChI is InChI=1S/C9H7F2NOS/c10-9(11)8-5(13)1-2-6-7(8)4(12)3-14-6/h1-3,9,13H,12H2. The van der Waals surface area contributed by atoms with E-state index < -0.39 is 12.2 Å². The predicted molar refractivity (Wildman–Crippen MR) is 52.9 cm³/mol. The van der Waals surface area contributed by atoms with Crippen LogP contribution in [0.15, 0.2) is 17.5 Å². The lowest BCUT2D eigenvalue weighted by molar-refractivity contribution is 0.149. The molecule has 0 bridgehead atoms. The normalized spacial score (nSPS) is 11.4. The first-order chi connectivity index (χ1) is 6.61. The Morgan fingerprint density at radius 1 is 1.36 bits per heavy atom. The number of rotatable bonds is 1. The lowest BCUT2D eigenvalue weighted by Gasteiger charge is -2.05. The average molecular weight is 215 g/mol. The van der Waals surface area contributed by atoms with Gasteiger partial charge < -0.3 is 10.8 Å². The number of hydrogen-bond acceptors (Lipinski definition) is 3. The van der Waals surface area contributed by atoms with Gasteiger partial charge in [-0.1, -0.05) is 0 Å². The van der Waals surface area contributed by atoms with Crippen LogP contribution in [0.5, 0.6) is 5.75 Å². The molecule has 0 atom stereocenters. The fourth-order valence-corrected chi connectivity index (χ4v) is 2.26. The summed E-state index contributed by atoms with van der Waals surface area (Å²) in [6.45, 7) is 0. The molecule has 1 aromatic carbocycles. The van der Waals surface area contributed by atoms with Crippen molar-refractivity contribution in [3.8, 4) is 5.75 Å². The quantitative estimate of drug-likeness (QED) is 0.767. The third kappa shape index (κ3) is 1.21. The molecule has 74 valence electrons. The van der Waals surface area contributed by atoms with E-state index in [-0.39, 0.29) is 16.6 Å². The number of benzene rings is 1. The number of thiophene rings is 1. The molecule has 2 nitrogen and oxygen atoms in total. The zero-order valence-corrected chi connectivity index (χ0v) is 7.81. The topological polar surface area (TPSA) is 46.2 Å². The first-order valence-electron chi connectivity index (χ1n) is 3.88. The molecule has 0 amide bonds. The number of anilines is 1. The minimum Gasteiger partial charge on any atom is -0.507 e. The minimum atomic E-state index is -2.71. The summed E-state index contributed by atoms with van der Waals surface area (Å²) in [4.78, 5) is 0. The van der Waals surface area contributed by atoms with Crippen LogP contribution < -0.4 is 5.73 Å². The molecule has 5 heteroatoms. The van der Waals surface area contributed by atoms with Gasteiger partial charge in [0.1, 0.15) is 5.75 Å². The smallest absolute Gasteiger partial charge is 0.268 e. The summed E-state index contributed by atoms with van der Waals surface area (Å²) < 4.78 is 25.9. The number of phenols is 1. The lowest BCUT2D eigenvalue weighted by Crippen LogP contribution is -1.90. The summed E-state index contributed by atoms with van der Waals surface area (Å²) in [7, 11) is 0. The van der Waals surface area contributed by atoms with Crippen LogP contribution in [-0.2, 0) is 0 Å². The Hall–Kier alpha value is -1.36. The Kier molecular flexibility index (Phi) is 2.03. The van der Waals surface area contributed by atoms with Crippen LogP contribution in [0.1, 0.15) is 12.0 Å². The van der Waals surface area contributed by atoms with Crippen molar-refractivity contribution in [1.29, 1.82) is 0 Å². The molecule has 0 unspecified atom stereocenters. The monoisotopic (exact) mass is 215 g/mol. The second-order valence-electron chi connectivity index (χ2n) is 2.86. The van der Waals surface area contributed by atoms with Gasteiger partial charge in [0.05, 0.1) is 11.3 Å². The molecular weight excluding hydrogens is 208 g/mol. The van der Waals surface area contributed by atoms with Gasteiger partial charge in [-0.25, -0.2) is 8.78 Å². The third-order valence-electron chi connectivity index (χ3n) is 2.00. The molecule has 0 fully saturated rings. The van der Waals surface area contributed by atoms with Crippen molar-refractivity contribution in [3.63, 3.8) is 0 Å². The number of fused-ring (bicyclic) bond motifs is 1. The van der Waals surface area contributed by atoms with E-state index in [0.717, 1.165) is 0 Å². The molecule has 0 saturated heterocycles. The summed E-state index contributed by atoms with van der Waals surface area (Å²) in [5.74, 6) is -0.405. The summed E-state index contributed by atoms with van der Waals surface area (Å²) >= 11 is 1.28. The maximum absolute atomic E-state index is 12.6. The van der Waals surface area contributed by atoms with Crippen LogP contribution in [0.25, 0.3) is 10.1 Å². The highest BCUT2D eigenvalue weighted by molar-refractivity contribution is 7.17. The Morgan fingerprint density at radius 2 is 2.07 bits per heavy atom. The summed E-state index contributed by atoms with van der Waals surface area (Å²) in [6.07, 6.45) is -2.71. The molecule has 0 radical (unpaired) electrons. The number of aromatic hydroxyl groups is 1. The lowest BCUT2D eigenvalue weighted by atomic mass is 10.1. The Morgan fingerprint density at radius 3 is 2.71 bits per heavy atom. The van der Waals surface area contributed by atoms with Gasteiger partial charge in [0, 0.05) is 15.5 Å². The summed E-state index contributed by atoms with van der Waals surface area (Å²) in [5, 5.41) is 11.2. The number of halogens is 2. The van der Waals surface area contributed by atoms with Crippen LogP contribution in [0, 0.1) is 0 Å². The van der Waals surface area contributed by atoms with Gasteiger partial charge in [0.2, 0.25) is 0 Å². The molecule has 2 rings (SSSR count). The van der Waals surface area contributed by atoms with E-state index in [2.05, 4.69) is 0 Å². The first kappa shape index (κ1) is 9.21. The maximum atomic E-state index is 12.6. The van der Waals surface area contributed by atoms with Crippen molar-refractivity contribution >= 4 is 27.1 Å². The van der Waals surface area contributed by atoms with Crippen molar-refractivity contribution in [3.05, 3.63) is 23.1 Å². The van der Waals surface area contributed by atoms with Crippen LogP contribution >= 0.6 is 11.3 Å². The number of alkyl halides is 2. The Balaban J connectivity index is 2.87. The van der Waals surface area contributed by atoms with Crippen LogP contribution in [0.4, 0.5) is 14.5 Å². The largest absolute Gasteiger partial charge is 0.507 e. The van der Waals surface area contributed by atoms with Crippen LogP contribution in [-0.4, -0.2) is 5.11 Å². The van der Waals surface area contributed by atoms with Gasteiger partial charge in [-0.3, -0.25) is 0 Å². The SMILES string of the molecule is Nc1csc2ccc(O)c(C(F)F)c12. The van der Waals surface area contributed by atoms with Crippen molar-refractivity contribution < 1.29 is 13.9 Å². The third-order valence-corrected chi connectivity index (χ3v) is 2.97. The zero-order chi connectivity index (χ0) is 10.3. The van der Waals surface area contributed by atoms with Gasteiger partial charge in [-0.15, -0.1) is 11.3 Å². The molecule has 0 saturated carbocycles. The molecule has 1 aromatic heterocycles. The average Bonchev–Trinajstić information content (AvgIpc) is 2.47. The maximum Gasteiger partial charge on any atom is 0.268 e. The fraction of sp³-hybridized carbons (Fsp3) is 0.111. The molecule has 2 aromatic rings. The summed E-state index contributed by atoms with van der Waals surface area (Å²) in [6, 6.07) is 2.84. The van der Waals surface area contributed by atoms with E-state index in [1.54, 1.807) is 11.4 Å². The molecule has 0 aliphatic heterocycles. The molecule has 0 spiro atoms. The van der Waals surface area contributed by atoms with Gasteiger partial charge in [0.25, 0.3) is 6.43 Å². The molecular formula is C9H7F2NOS. The van der Waals surface area contributed by atoms with Gasteiger partial charge in [-0.05, 0) is 12.1 Å². The molecule has 14 heavy (non-hydrogen) atoms. The predicted octanol–water partition coefficient (Wildman–Crippen LogP) is 3.13. The highest BCUT2D eigenvalue weighted by Gasteiger charge is 2.19. The molecule has 0 aliphatic carbocycles. The molecule has 3 N–H and O–H groups in total. The van der Waals surface area contributed by atoms with Crippen molar-refractivity contribution in [2.24, 2.45) is 0 Å². The Labute approximate surface area is 82.6 Å².